The molecule has 1 N–H and O–H groups in total. The lowest BCUT2D eigenvalue weighted by atomic mass is 10.2. The normalized spacial score (nSPS) is 19.4. The van der Waals surface area contributed by atoms with Gasteiger partial charge in [0.2, 0.25) is 0 Å². The highest BCUT2D eigenvalue weighted by Gasteiger charge is 2.49. The Morgan fingerprint density at radius 2 is 2.16 bits per heavy atom. The van der Waals surface area contributed by atoms with Gasteiger partial charge < -0.3 is 13.8 Å². The van der Waals surface area contributed by atoms with Crippen molar-refractivity contribution in [3.63, 3.8) is 0 Å². The monoisotopic (exact) mass is 400 g/mol. The van der Waals surface area contributed by atoms with E-state index >= 15 is 0 Å². The van der Waals surface area contributed by atoms with E-state index < -0.39 is 21.4 Å². The maximum atomic E-state index is 12.6. The molecular formula is C12H12ClF3N4O4S. The summed E-state index contributed by atoms with van der Waals surface area (Å²) < 4.78 is 70.2. The smallest absolute Gasteiger partial charge is 0.377 e. The molecule has 0 aromatic carbocycles. The van der Waals surface area contributed by atoms with Crippen LogP contribution >= 0.6 is 11.6 Å². The van der Waals surface area contributed by atoms with Crippen molar-refractivity contribution >= 4 is 38.6 Å². The number of nitrogens with zero attached hydrogens (tertiary/aromatic N) is 3. The van der Waals surface area contributed by atoms with Gasteiger partial charge in [0.15, 0.2) is 16.4 Å². The Kier molecular flexibility index (Phi) is 4.45. The van der Waals surface area contributed by atoms with E-state index in [1.165, 1.54) is 0 Å². The maximum absolute atomic E-state index is 12.6. The van der Waals surface area contributed by atoms with Crippen LogP contribution in [0, 0.1) is 0 Å². The van der Waals surface area contributed by atoms with Crippen LogP contribution in [0.1, 0.15) is 6.92 Å². The molecule has 13 heteroatoms. The van der Waals surface area contributed by atoms with E-state index in [1.54, 1.807) is 4.90 Å². The number of pyridine rings is 1. The summed E-state index contributed by atoms with van der Waals surface area (Å²) >= 11 is 5.90. The van der Waals surface area contributed by atoms with Gasteiger partial charge in [-0.15, -0.1) is 0 Å². The van der Waals surface area contributed by atoms with Crippen molar-refractivity contribution in [2.45, 2.75) is 18.5 Å². The molecule has 2 aromatic rings. The lowest BCUT2D eigenvalue weighted by molar-refractivity contribution is -0.0499. The number of fused-ring (bicyclic) bond motifs is 1. The Morgan fingerprint density at radius 3 is 2.80 bits per heavy atom. The number of nitrogens with one attached hydrogen (secondary N) is 1. The maximum Gasteiger partial charge on any atom is 0.534 e. The average molecular weight is 401 g/mol. The molecule has 0 unspecified atom stereocenters. The molecule has 0 aliphatic carbocycles. The fourth-order valence-corrected chi connectivity index (χ4v) is 3.00. The van der Waals surface area contributed by atoms with Crippen LogP contribution in [0.3, 0.4) is 0 Å². The molecule has 1 aliphatic heterocycles. The van der Waals surface area contributed by atoms with Crippen LogP contribution < -0.4 is 9.08 Å². The summed E-state index contributed by atoms with van der Waals surface area (Å²) in [5.74, 6) is -0.404. The molecule has 1 saturated heterocycles. The molecule has 138 valence electrons. The molecule has 0 saturated carbocycles. The van der Waals surface area contributed by atoms with Crippen molar-refractivity contribution in [1.29, 1.82) is 0 Å². The largest absolute Gasteiger partial charge is 0.534 e. The van der Waals surface area contributed by atoms with Crippen molar-refractivity contribution in [3.8, 4) is 5.75 Å². The van der Waals surface area contributed by atoms with E-state index in [0.717, 1.165) is 6.07 Å². The highest BCUT2D eigenvalue weighted by atomic mass is 35.5. The molecule has 0 spiro atoms. The Hall–Kier alpha value is -1.79. The minimum Gasteiger partial charge on any atom is -0.377 e. The highest BCUT2D eigenvalue weighted by molar-refractivity contribution is 7.88. The zero-order valence-electron chi connectivity index (χ0n) is 12.7. The van der Waals surface area contributed by atoms with Gasteiger partial charge in [-0.05, 0) is 6.92 Å². The Balaban J connectivity index is 2.11. The van der Waals surface area contributed by atoms with Crippen LogP contribution in [-0.2, 0) is 14.9 Å². The number of morpholine rings is 1. The number of halogens is 4. The molecule has 3 heterocycles. The minimum atomic E-state index is -5.86. The molecule has 1 aliphatic rings. The summed E-state index contributed by atoms with van der Waals surface area (Å²) in [5, 5.41) is 5.96. The molecule has 8 nitrogen and oxygen atoms in total. The Bertz CT molecular complexity index is 902. The van der Waals surface area contributed by atoms with Crippen molar-refractivity contribution in [3.05, 3.63) is 11.2 Å². The van der Waals surface area contributed by atoms with Crippen molar-refractivity contribution in [1.82, 2.24) is 15.2 Å². The first-order valence-corrected chi connectivity index (χ1v) is 8.78. The third kappa shape index (κ3) is 3.33. The fourth-order valence-electron chi connectivity index (χ4n) is 2.36. The summed E-state index contributed by atoms with van der Waals surface area (Å²) in [5.41, 5.74) is -5.79. The first-order chi connectivity index (χ1) is 11.6. The van der Waals surface area contributed by atoms with Gasteiger partial charge in [-0.3, -0.25) is 5.10 Å². The second kappa shape index (κ2) is 6.18. The summed E-state index contributed by atoms with van der Waals surface area (Å²) in [7, 11) is -5.86. The number of hydrogen-bond acceptors (Lipinski definition) is 7. The summed E-state index contributed by atoms with van der Waals surface area (Å²) in [6.45, 7) is 3.02. The highest BCUT2D eigenvalue weighted by Crippen LogP contribution is 2.35. The summed E-state index contributed by atoms with van der Waals surface area (Å²) in [6.07, 6.45) is 0. The molecule has 25 heavy (non-hydrogen) atoms. The molecule has 3 rings (SSSR count). The SMILES string of the molecule is C[C@@H]1COCCN1c1cc(OS(=O)(=O)C(F)(F)F)c2n[nH]c(Cl)c2n1. The molecule has 0 radical (unpaired) electrons. The molecule has 0 bridgehead atoms. The number of anilines is 1. The van der Waals surface area contributed by atoms with E-state index in [1.807, 2.05) is 6.92 Å². The second-order valence-corrected chi connectivity index (χ2v) is 7.23. The van der Waals surface area contributed by atoms with Crippen molar-refractivity contribution < 1.29 is 30.5 Å². The van der Waals surface area contributed by atoms with E-state index in [0.29, 0.717) is 19.8 Å². The Morgan fingerprint density at radius 1 is 1.44 bits per heavy atom. The van der Waals surface area contributed by atoms with Gasteiger partial charge in [-0.1, -0.05) is 11.6 Å². The van der Waals surface area contributed by atoms with Gasteiger partial charge >= 0.3 is 15.6 Å². The van der Waals surface area contributed by atoms with Crippen LogP contribution in [0.5, 0.6) is 5.75 Å². The quantitative estimate of drug-likeness (QED) is 0.622. The van der Waals surface area contributed by atoms with Gasteiger partial charge in [0.25, 0.3) is 0 Å². The number of aromatic amines is 1. The van der Waals surface area contributed by atoms with Gasteiger partial charge in [0.1, 0.15) is 11.3 Å². The predicted molar refractivity (Wildman–Crippen MR) is 82.1 cm³/mol. The topological polar surface area (TPSA) is 97.4 Å². The number of aromatic nitrogens is 3. The number of ether oxygens (including phenoxy) is 1. The first kappa shape index (κ1) is 18.0. The van der Waals surface area contributed by atoms with E-state index in [2.05, 4.69) is 19.4 Å². The third-order valence-electron chi connectivity index (χ3n) is 3.56. The number of H-pyrrole nitrogens is 1. The van der Waals surface area contributed by atoms with Crippen LogP contribution in [-0.4, -0.2) is 54.9 Å². The van der Waals surface area contributed by atoms with Gasteiger partial charge in [0.05, 0.1) is 19.3 Å². The molecule has 2 aromatic heterocycles. The third-order valence-corrected chi connectivity index (χ3v) is 4.79. The molecule has 1 atom stereocenters. The van der Waals surface area contributed by atoms with Crippen molar-refractivity contribution in [2.75, 3.05) is 24.7 Å². The minimum absolute atomic E-state index is 0.00485. The number of rotatable bonds is 3. The van der Waals surface area contributed by atoms with Crippen LogP contribution in [0.4, 0.5) is 19.0 Å². The molecule has 1 fully saturated rings. The fraction of sp³-hybridized carbons (Fsp3) is 0.500. The number of hydrogen-bond donors (Lipinski definition) is 1. The number of alkyl halides is 3. The van der Waals surface area contributed by atoms with Crippen LogP contribution in [0.15, 0.2) is 6.07 Å². The van der Waals surface area contributed by atoms with Gasteiger partial charge in [0, 0.05) is 12.6 Å². The van der Waals surface area contributed by atoms with Gasteiger partial charge in [-0.2, -0.15) is 26.7 Å². The van der Waals surface area contributed by atoms with E-state index in [9.17, 15) is 21.6 Å². The van der Waals surface area contributed by atoms with Crippen LogP contribution in [0.2, 0.25) is 5.15 Å². The second-order valence-electron chi connectivity index (χ2n) is 5.31. The lowest BCUT2D eigenvalue weighted by Crippen LogP contribution is -2.44. The van der Waals surface area contributed by atoms with Crippen LogP contribution in [0.25, 0.3) is 11.0 Å². The molecule has 0 amide bonds. The van der Waals surface area contributed by atoms with Crippen molar-refractivity contribution in [2.24, 2.45) is 0 Å². The predicted octanol–water partition coefficient (Wildman–Crippen LogP) is 2.06. The zero-order chi connectivity index (χ0) is 18.4. The lowest BCUT2D eigenvalue weighted by Gasteiger charge is -2.34. The Labute approximate surface area is 145 Å². The standard InChI is InChI=1S/C12H12ClF3N4O4S/c1-6-5-23-3-2-20(6)8-4-7(24-25(21,22)12(14,15)16)9-10(17-8)11(13)19-18-9/h4,6H,2-3,5H2,1H3,(H,18,19)/t6-/m1/s1. The summed E-state index contributed by atoms with van der Waals surface area (Å²) in [4.78, 5) is 6.00. The van der Waals surface area contributed by atoms with E-state index in [4.69, 9.17) is 16.3 Å². The van der Waals surface area contributed by atoms with Gasteiger partial charge in [-0.25, -0.2) is 4.98 Å². The zero-order valence-corrected chi connectivity index (χ0v) is 14.2. The van der Waals surface area contributed by atoms with E-state index in [-0.39, 0.29) is 28.0 Å². The molecular weight excluding hydrogens is 389 g/mol. The average Bonchev–Trinajstić information content (AvgIpc) is 2.88. The first-order valence-electron chi connectivity index (χ1n) is 7.00. The summed E-state index contributed by atoms with van der Waals surface area (Å²) in [6, 6.07) is 0.960.